The molecule has 1 saturated carbocycles. The molecule has 7 heteroatoms. The summed E-state index contributed by atoms with van der Waals surface area (Å²) in [5.41, 5.74) is -0.430. The van der Waals surface area contributed by atoms with Gasteiger partial charge in [0.1, 0.15) is 0 Å². The normalized spacial score (nSPS) is 24.9. The minimum absolute atomic E-state index is 0. The van der Waals surface area contributed by atoms with Gasteiger partial charge in [0, 0.05) is 12.6 Å². The molecular formula is C25H57ClNO2PS2. The van der Waals surface area contributed by atoms with Gasteiger partial charge in [-0.2, -0.15) is 27.0 Å². The van der Waals surface area contributed by atoms with E-state index in [1.807, 2.05) is 0 Å². The number of hydrogen-bond acceptors (Lipinski definition) is 3. The van der Waals surface area contributed by atoms with Crippen LogP contribution < -0.4 is 0 Å². The first-order valence-electron chi connectivity index (χ1n) is 11.6. The van der Waals surface area contributed by atoms with Crippen molar-refractivity contribution >= 4 is 45.9 Å². The van der Waals surface area contributed by atoms with Crippen LogP contribution in [0.25, 0.3) is 0 Å². The minimum atomic E-state index is -0.853. The monoisotopic (exact) mass is 533 g/mol. The number of hydrogen-bond donors (Lipinski definition) is 1. The standard InChI is InChI=1S/C12H24O.C11H21ClNOP.2CH4.2H2S/c1-9(2)12(13,10(3)4)11-7-5-6-8-11;1-8(2)11(9(3)4)10-6-5-7-13(10)15(12)14-11;;;;/h9-11,13H,5-8H2,1-4H3;8-10H,5-7H2,1-4H3;2*1H4;2*1H2/t;10-,15?;;;;/m.0..../s1. The fraction of sp³-hybridized carbons (Fsp3) is 1.00. The molecule has 0 bridgehead atoms. The second kappa shape index (κ2) is 15.4. The van der Waals surface area contributed by atoms with E-state index in [1.54, 1.807) is 0 Å². The zero-order chi connectivity index (χ0) is 21.3. The highest BCUT2D eigenvalue weighted by molar-refractivity contribution is 7.78. The van der Waals surface area contributed by atoms with Gasteiger partial charge in [-0.15, -0.1) is 0 Å². The lowest BCUT2D eigenvalue weighted by Crippen LogP contribution is -2.50. The molecule has 0 aromatic rings. The van der Waals surface area contributed by atoms with Gasteiger partial charge in [0.25, 0.3) is 0 Å². The first-order chi connectivity index (χ1) is 13.0. The average Bonchev–Trinajstić information content (AvgIpc) is 3.33. The van der Waals surface area contributed by atoms with Crippen LogP contribution in [0.1, 0.15) is 109 Å². The Balaban J connectivity index is -0.000000471. The second-order valence-corrected chi connectivity index (χ2v) is 12.5. The van der Waals surface area contributed by atoms with Gasteiger partial charge < -0.3 is 9.63 Å². The molecule has 3 aliphatic rings. The molecule has 1 N–H and O–H groups in total. The van der Waals surface area contributed by atoms with E-state index >= 15 is 0 Å². The summed E-state index contributed by atoms with van der Waals surface area (Å²) in [7, 11) is -0.853. The molecule has 2 aliphatic heterocycles. The molecule has 198 valence electrons. The van der Waals surface area contributed by atoms with Crippen molar-refractivity contribution in [3.63, 3.8) is 0 Å². The van der Waals surface area contributed by atoms with Crippen molar-refractivity contribution in [1.82, 2.24) is 4.67 Å². The van der Waals surface area contributed by atoms with Crippen molar-refractivity contribution in [2.75, 3.05) is 6.54 Å². The predicted molar refractivity (Wildman–Crippen MR) is 157 cm³/mol. The van der Waals surface area contributed by atoms with Gasteiger partial charge in [-0.1, -0.05) is 83.1 Å². The molecule has 1 unspecified atom stereocenters. The van der Waals surface area contributed by atoms with E-state index < -0.39 is 13.3 Å². The first kappa shape index (κ1) is 37.8. The minimum Gasteiger partial charge on any atom is -0.389 e. The maximum atomic E-state index is 10.7. The quantitative estimate of drug-likeness (QED) is 0.358. The first-order valence-corrected chi connectivity index (χ1v) is 13.7. The van der Waals surface area contributed by atoms with E-state index in [2.05, 4.69) is 60.1 Å². The van der Waals surface area contributed by atoms with E-state index in [4.69, 9.17) is 15.8 Å². The van der Waals surface area contributed by atoms with Gasteiger partial charge in [-0.05, 0) is 66.5 Å². The molecule has 3 fully saturated rings. The third kappa shape index (κ3) is 7.17. The van der Waals surface area contributed by atoms with E-state index in [9.17, 15) is 5.11 Å². The van der Waals surface area contributed by atoms with Crippen LogP contribution in [0.4, 0.5) is 0 Å². The summed E-state index contributed by atoms with van der Waals surface area (Å²) in [4.78, 5) is 0. The molecule has 2 saturated heterocycles. The number of halogens is 1. The molecule has 0 aromatic heterocycles. The topological polar surface area (TPSA) is 32.7 Å². The van der Waals surface area contributed by atoms with Crippen molar-refractivity contribution in [3.8, 4) is 0 Å². The molecule has 0 amide bonds. The Bertz CT molecular complexity index is 486. The smallest absolute Gasteiger partial charge is 0.207 e. The van der Waals surface area contributed by atoms with Gasteiger partial charge in [-0.25, -0.2) is 4.67 Å². The molecule has 0 radical (unpaired) electrons. The highest BCUT2D eigenvalue weighted by Crippen LogP contribution is 2.65. The summed E-state index contributed by atoms with van der Waals surface area (Å²) in [6.45, 7) is 18.8. The summed E-state index contributed by atoms with van der Waals surface area (Å²) in [6.07, 6.45) is 7.61. The summed E-state index contributed by atoms with van der Waals surface area (Å²) in [5, 5.41) is 10.7. The predicted octanol–water partition coefficient (Wildman–Crippen LogP) is 8.71. The number of fused-ring (bicyclic) bond motifs is 1. The van der Waals surface area contributed by atoms with Gasteiger partial charge >= 0.3 is 0 Å². The van der Waals surface area contributed by atoms with Crippen LogP contribution in [0.3, 0.4) is 0 Å². The molecule has 1 aliphatic carbocycles. The number of nitrogens with zero attached hydrogens (tertiary/aromatic N) is 1. The third-order valence-electron chi connectivity index (χ3n) is 7.84. The van der Waals surface area contributed by atoms with Crippen LogP contribution in [-0.2, 0) is 4.52 Å². The van der Waals surface area contributed by atoms with Crippen LogP contribution in [0.5, 0.6) is 0 Å². The van der Waals surface area contributed by atoms with Crippen LogP contribution in [0.2, 0.25) is 0 Å². The van der Waals surface area contributed by atoms with Crippen LogP contribution >= 0.6 is 45.9 Å². The van der Waals surface area contributed by atoms with Crippen molar-refractivity contribution in [2.24, 2.45) is 29.6 Å². The zero-order valence-electron chi connectivity index (χ0n) is 20.5. The fourth-order valence-corrected chi connectivity index (χ4v) is 8.91. The summed E-state index contributed by atoms with van der Waals surface area (Å²) in [6, 6.07) is 0.557. The molecule has 3 nitrogen and oxygen atoms in total. The number of rotatable bonds is 5. The molecular weight excluding hydrogens is 477 g/mol. The van der Waals surface area contributed by atoms with Gasteiger partial charge in [0.15, 0.2) is 0 Å². The van der Waals surface area contributed by atoms with Gasteiger partial charge in [0.05, 0.1) is 11.2 Å². The third-order valence-corrected chi connectivity index (χ3v) is 9.98. The molecule has 2 atom stereocenters. The average molecular weight is 534 g/mol. The maximum Gasteiger partial charge on any atom is 0.207 e. The Morgan fingerprint density at radius 3 is 1.69 bits per heavy atom. The Kier molecular flexibility index (Phi) is 18.2. The highest BCUT2D eigenvalue weighted by Gasteiger charge is 2.58. The second-order valence-electron chi connectivity index (χ2n) is 10.5. The molecule has 0 aromatic carbocycles. The Hall–Kier alpha value is 1.30. The Morgan fingerprint density at radius 2 is 1.31 bits per heavy atom. The van der Waals surface area contributed by atoms with Gasteiger partial charge in [0.2, 0.25) is 7.65 Å². The Morgan fingerprint density at radius 1 is 0.875 bits per heavy atom. The summed E-state index contributed by atoms with van der Waals surface area (Å²) < 4.78 is 8.59. The van der Waals surface area contributed by atoms with E-state index in [0.29, 0.717) is 35.6 Å². The van der Waals surface area contributed by atoms with E-state index in [-0.39, 0.29) is 47.4 Å². The van der Waals surface area contributed by atoms with E-state index in [1.165, 1.54) is 38.5 Å². The van der Waals surface area contributed by atoms with Crippen molar-refractivity contribution in [2.45, 2.75) is 126 Å². The summed E-state index contributed by atoms with van der Waals surface area (Å²) >= 11 is 6.35. The van der Waals surface area contributed by atoms with Crippen LogP contribution in [0, 0.1) is 29.6 Å². The summed E-state index contributed by atoms with van der Waals surface area (Å²) in [5.74, 6) is 2.39. The molecule has 3 rings (SSSR count). The SMILES string of the molecule is C.C.CC(C)C(O)(C(C)C)C1CCCC1.CC(C)C1(C(C)C)OP(Cl)N2CCC[C@H]21.S.S. The molecule has 0 spiro atoms. The highest BCUT2D eigenvalue weighted by atomic mass is 35.7. The maximum absolute atomic E-state index is 10.7. The lowest BCUT2D eigenvalue weighted by atomic mass is 9.70. The lowest BCUT2D eigenvalue weighted by molar-refractivity contribution is -0.0939. The lowest BCUT2D eigenvalue weighted by Gasteiger charge is -2.41. The molecule has 32 heavy (non-hydrogen) atoms. The largest absolute Gasteiger partial charge is 0.389 e. The van der Waals surface area contributed by atoms with Crippen LogP contribution in [0.15, 0.2) is 0 Å². The van der Waals surface area contributed by atoms with Gasteiger partial charge in [-0.3, -0.25) is 0 Å². The van der Waals surface area contributed by atoms with Crippen LogP contribution in [-0.4, -0.2) is 33.6 Å². The van der Waals surface area contributed by atoms with Crippen molar-refractivity contribution < 1.29 is 9.63 Å². The Labute approximate surface area is 221 Å². The number of aliphatic hydroxyl groups is 1. The van der Waals surface area contributed by atoms with Crippen molar-refractivity contribution in [1.29, 1.82) is 0 Å². The van der Waals surface area contributed by atoms with E-state index in [0.717, 1.165) is 6.54 Å². The zero-order valence-corrected chi connectivity index (χ0v) is 24.2. The van der Waals surface area contributed by atoms with Crippen molar-refractivity contribution in [3.05, 3.63) is 0 Å². The molecule has 2 heterocycles. The fourth-order valence-electron chi connectivity index (χ4n) is 6.29.